The molecule has 1 saturated heterocycles. The fourth-order valence-electron chi connectivity index (χ4n) is 2.21. The second-order valence-corrected chi connectivity index (χ2v) is 6.38. The Bertz CT molecular complexity index is 468. The van der Waals surface area contributed by atoms with Gasteiger partial charge in [0, 0.05) is 18.5 Å². The number of carbonyl (C=O) groups is 3. The molecule has 2 N–H and O–H groups in total. The van der Waals surface area contributed by atoms with Gasteiger partial charge in [-0.1, -0.05) is 6.08 Å². The van der Waals surface area contributed by atoms with Crippen LogP contribution in [0, 0.1) is 5.92 Å². The Hall–Kier alpha value is -2.05. The summed E-state index contributed by atoms with van der Waals surface area (Å²) >= 11 is 0. The smallest absolute Gasteiger partial charge is 0.408 e. The van der Waals surface area contributed by atoms with E-state index in [1.807, 2.05) is 0 Å². The molecule has 1 aliphatic rings. The van der Waals surface area contributed by atoms with Crippen molar-refractivity contribution in [1.82, 2.24) is 10.6 Å². The van der Waals surface area contributed by atoms with Gasteiger partial charge in [0.05, 0.1) is 12.6 Å². The molecule has 1 rings (SSSR count). The SMILES string of the molecule is CCOC(=O)/C=C\[C@H](C[C@@H]1CCNC1=O)NC(=O)OC(C)(C)C. The van der Waals surface area contributed by atoms with Gasteiger partial charge >= 0.3 is 12.1 Å². The van der Waals surface area contributed by atoms with Crippen LogP contribution < -0.4 is 10.6 Å². The molecule has 7 heteroatoms. The van der Waals surface area contributed by atoms with Crippen molar-refractivity contribution in [3.05, 3.63) is 12.2 Å². The molecule has 1 heterocycles. The fourth-order valence-corrected chi connectivity index (χ4v) is 2.21. The van der Waals surface area contributed by atoms with Crippen molar-refractivity contribution >= 4 is 18.0 Å². The maximum atomic E-state index is 11.9. The minimum Gasteiger partial charge on any atom is -0.463 e. The van der Waals surface area contributed by atoms with Gasteiger partial charge in [-0.2, -0.15) is 0 Å². The number of ether oxygens (including phenoxy) is 2. The number of alkyl carbamates (subject to hydrolysis) is 1. The molecular formula is C16H26N2O5. The van der Waals surface area contributed by atoms with Gasteiger partial charge in [0.15, 0.2) is 0 Å². The molecule has 0 bridgehead atoms. The van der Waals surface area contributed by atoms with Crippen LogP contribution in [-0.2, 0) is 19.1 Å². The van der Waals surface area contributed by atoms with E-state index in [9.17, 15) is 14.4 Å². The first-order valence-corrected chi connectivity index (χ1v) is 7.83. The van der Waals surface area contributed by atoms with Gasteiger partial charge in [-0.25, -0.2) is 9.59 Å². The van der Waals surface area contributed by atoms with Crippen LogP contribution in [0.25, 0.3) is 0 Å². The molecule has 0 saturated carbocycles. The summed E-state index contributed by atoms with van der Waals surface area (Å²) in [4.78, 5) is 35.0. The summed E-state index contributed by atoms with van der Waals surface area (Å²) in [5, 5.41) is 5.44. The first-order valence-electron chi connectivity index (χ1n) is 7.83. The second kappa shape index (κ2) is 8.55. The monoisotopic (exact) mass is 326 g/mol. The van der Waals surface area contributed by atoms with E-state index < -0.39 is 23.7 Å². The maximum absolute atomic E-state index is 11.9. The molecule has 130 valence electrons. The standard InChI is InChI=1S/C16H26N2O5/c1-5-22-13(19)7-6-12(10-11-8-9-17-14(11)20)18-15(21)23-16(2,3)4/h6-7,11-12H,5,8-10H2,1-4H3,(H,17,20)(H,18,21)/b7-6-/t11-,12+/m0/s1. The third-order valence-corrected chi connectivity index (χ3v) is 3.15. The number of rotatable bonds is 6. The molecular weight excluding hydrogens is 300 g/mol. The van der Waals surface area contributed by atoms with Crippen LogP contribution in [-0.4, -0.2) is 42.8 Å². The molecule has 23 heavy (non-hydrogen) atoms. The Morgan fingerprint density at radius 1 is 1.43 bits per heavy atom. The van der Waals surface area contributed by atoms with Crippen molar-refractivity contribution in [2.75, 3.05) is 13.2 Å². The van der Waals surface area contributed by atoms with Crippen molar-refractivity contribution < 1.29 is 23.9 Å². The van der Waals surface area contributed by atoms with Gasteiger partial charge in [-0.05, 0) is 40.5 Å². The Morgan fingerprint density at radius 3 is 2.65 bits per heavy atom. The highest BCUT2D eigenvalue weighted by molar-refractivity contribution is 5.82. The van der Waals surface area contributed by atoms with Crippen molar-refractivity contribution in [1.29, 1.82) is 0 Å². The van der Waals surface area contributed by atoms with E-state index in [0.717, 1.165) is 0 Å². The normalized spacial score (nSPS) is 19.3. The van der Waals surface area contributed by atoms with Gasteiger partial charge in [0.1, 0.15) is 5.60 Å². The molecule has 2 atom stereocenters. The largest absolute Gasteiger partial charge is 0.463 e. The van der Waals surface area contributed by atoms with Gasteiger partial charge in [0.25, 0.3) is 0 Å². The van der Waals surface area contributed by atoms with Gasteiger partial charge in [-0.3, -0.25) is 4.79 Å². The van der Waals surface area contributed by atoms with Crippen LogP contribution in [0.1, 0.15) is 40.5 Å². The molecule has 0 unspecified atom stereocenters. The number of hydrogen-bond donors (Lipinski definition) is 2. The van der Waals surface area contributed by atoms with E-state index in [2.05, 4.69) is 10.6 Å². The molecule has 0 aromatic rings. The van der Waals surface area contributed by atoms with E-state index in [4.69, 9.17) is 9.47 Å². The molecule has 0 spiro atoms. The highest BCUT2D eigenvalue weighted by Gasteiger charge is 2.28. The number of nitrogens with one attached hydrogen (secondary N) is 2. The predicted octanol–water partition coefficient (Wildman–Crippen LogP) is 1.53. The third kappa shape index (κ3) is 7.67. The van der Waals surface area contributed by atoms with Crippen molar-refractivity contribution in [3.63, 3.8) is 0 Å². The van der Waals surface area contributed by atoms with Crippen LogP contribution in [0.3, 0.4) is 0 Å². The first-order chi connectivity index (χ1) is 10.7. The summed E-state index contributed by atoms with van der Waals surface area (Å²) in [6.45, 7) is 7.91. The Morgan fingerprint density at radius 2 is 2.13 bits per heavy atom. The molecule has 7 nitrogen and oxygen atoms in total. The summed E-state index contributed by atoms with van der Waals surface area (Å²) in [5.74, 6) is -0.716. The van der Waals surface area contributed by atoms with Crippen LogP contribution in [0.5, 0.6) is 0 Å². The number of amides is 2. The van der Waals surface area contributed by atoms with E-state index in [1.165, 1.54) is 12.2 Å². The summed E-state index contributed by atoms with van der Waals surface area (Å²) < 4.78 is 10.0. The zero-order chi connectivity index (χ0) is 17.5. The molecule has 2 amide bonds. The minimum atomic E-state index is -0.621. The molecule has 1 aliphatic heterocycles. The van der Waals surface area contributed by atoms with Gasteiger partial charge in [0.2, 0.25) is 5.91 Å². The Kier molecular flexibility index (Phi) is 7.06. The average molecular weight is 326 g/mol. The van der Waals surface area contributed by atoms with Crippen LogP contribution in [0.2, 0.25) is 0 Å². The fraction of sp³-hybridized carbons (Fsp3) is 0.688. The quantitative estimate of drug-likeness (QED) is 0.570. The molecule has 0 radical (unpaired) electrons. The number of hydrogen-bond acceptors (Lipinski definition) is 5. The van der Waals surface area contributed by atoms with E-state index in [1.54, 1.807) is 27.7 Å². The summed E-state index contributed by atoms with van der Waals surface area (Å²) in [6.07, 6.45) is 3.32. The van der Waals surface area contributed by atoms with Crippen LogP contribution in [0.15, 0.2) is 12.2 Å². The summed E-state index contributed by atoms with van der Waals surface area (Å²) in [5.41, 5.74) is -0.621. The maximum Gasteiger partial charge on any atom is 0.408 e. The zero-order valence-electron chi connectivity index (χ0n) is 14.2. The lowest BCUT2D eigenvalue weighted by Gasteiger charge is -2.23. The van der Waals surface area contributed by atoms with E-state index >= 15 is 0 Å². The predicted molar refractivity (Wildman–Crippen MR) is 84.7 cm³/mol. The summed E-state index contributed by atoms with van der Waals surface area (Å²) in [7, 11) is 0. The Balaban J connectivity index is 2.69. The highest BCUT2D eigenvalue weighted by atomic mass is 16.6. The number of esters is 1. The lowest BCUT2D eigenvalue weighted by Crippen LogP contribution is -2.40. The topological polar surface area (TPSA) is 93.7 Å². The summed E-state index contributed by atoms with van der Waals surface area (Å²) in [6, 6.07) is -0.483. The molecule has 0 aliphatic carbocycles. The van der Waals surface area contributed by atoms with E-state index in [-0.39, 0.29) is 18.4 Å². The highest BCUT2D eigenvalue weighted by Crippen LogP contribution is 2.17. The van der Waals surface area contributed by atoms with Gasteiger partial charge in [-0.15, -0.1) is 0 Å². The van der Waals surface area contributed by atoms with Crippen molar-refractivity contribution in [3.8, 4) is 0 Å². The first kappa shape index (κ1) is 19.0. The van der Waals surface area contributed by atoms with Gasteiger partial charge < -0.3 is 20.1 Å². The molecule has 0 aromatic carbocycles. The minimum absolute atomic E-state index is 0.0366. The van der Waals surface area contributed by atoms with Crippen LogP contribution >= 0.6 is 0 Å². The molecule has 0 aromatic heterocycles. The number of carbonyl (C=O) groups excluding carboxylic acids is 3. The van der Waals surface area contributed by atoms with Crippen molar-refractivity contribution in [2.24, 2.45) is 5.92 Å². The second-order valence-electron chi connectivity index (χ2n) is 6.38. The van der Waals surface area contributed by atoms with Crippen molar-refractivity contribution in [2.45, 2.75) is 52.2 Å². The third-order valence-electron chi connectivity index (χ3n) is 3.15. The van der Waals surface area contributed by atoms with E-state index in [0.29, 0.717) is 19.4 Å². The average Bonchev–Trinajstić information content (AvgIpc) is 2.79. The zero-order valence-corrected chi connectivity index (χ0v) is 14.2. The lowest BCUT2D eigenvalue weighted by atomic mass is 9.98. The molecule has 1 fully saturated rings. The lowest BCUT2D eigenvalue weighted by molar-refractivity contribution is -0.137. The van der Waals surface area contributed by atoms with Crippen LogP contribution in [0.4, 0.5) is 4.79 Å². The Labute approximate surface area is 136 Å².